The van der Waals surface area contributed by atoms with E-state index in [2.05, 4.69) is 32.9 Å². The number of fused-ring (bicyclic) bond motifs is 2. The zero-order valence-electron chi connectivity index (χ0n) is 11.9. The smallest absolute Gasteiger partial charge is 0.185 e. The Morgan fingerprint density at radius 2 is 1.79 bits per heavy atom. The molecule has 19 heavy (non-hydrogen) atoms. The summed E-state index contributed by atoms with van der Waals surface area (Å²) in [6, 6.07) is 10.3. The summed E-state index contributed by atoms with van der Waals surface area (Å²) in [4.78, 5) is 0. The minimum atomic E-state index is -0.170. The fraction of sp³-hybridized carbons (Fsp3) is 0.647. The van der Waals surface area contributed by atoms with E-state index in [-0.39, 0.29) is 18.0 Å². The predicted octanol–water partition coefficient (Wildman–Crippen LogP) is 3.93. The van der Waals surface area contributed by atoms with Crippen molar-refractivity contribution >= 4 is 0 Å². The largest absolute Gasteiger partial charge is 0.342 e. The quantitative estimate of drug-likeness (QED) is 0.760. The molecule has 0 radical (unpaired) electrons. The van der Waals surface area contributed by atoms with Crippen molar-refractivity contribution in [1.82, 2.24) is 0 Å². The molecular weight excluding hydrogens is 236 g/mol. The van der Waals surface area contributed by atoms with Gasteiger partial charge in [-0.05, 0) is 37.0 Å². The molecular formula is C17H22O2. The second-order valence-electron chi connectivity index (χ2n) is 7.27. The highest BCUT2D eigenvalue weighted by atomic mass is 16.7. The molecule has 1 heterocycles. The lowest BCUT2D eigenvalue weighted by Gasteiger charge is -2.32. The first kappa shape index (κ1) is 11.9. The summed E-state index contributed by atoms with van der Waals surface area (Å²) in [5.74, 6) is 1.66. The Bertz CT molecular complexity index is 495. The van der Waals surface area contributed by atoms with Crippen molar-refractivity contribution in [2.24, 2.45) is 17.3 Å². The molecule has 2 heteroatoms. The van der Waals surface area contributed by atoms with Crippen molar-refractivity contribution in [2.75, 3.05) is 0 Å². The Hall–Kier alpha value is -0.860. The van der Waals surface area contributed by atoms with Crippen LogP contribution in [0, 0.1) is 17.3 Å². The van der Waals surface area contributed by atoms with Crippen LogP contribution in [-0.2, 0) is 9.47 Å². The van der Waals surface area contributed by atoms with Gasteiger partial charge in [0.05, 0.1) is 11.7 Å². The lowest BCUT2D eigenvalue weighted by atomic mass is 9.84. The summed E-state index contributed by atoms with van der Waals surface area (Å²) in [5, 5.41) is 0. The van der Waals surface area contributed by atoms with Gasteiger partial charge in [-0.3, -0.25) is 0 Å². The Labute approximate surface area is 115 Å². The maximum atomic E-state index is 6.31. The third kappa shape index (κ3) is 1.63. The first-order valence-electron chi connectivity index (χ1n) is 7.39. The molecule has 1 saturated heterocycles. The second kappa shape index (κ2) is 3.62. The van der Waals surface area contributed by atoms with Crippen molar-refractivity contribution in [1.29, 1.82) is 0 Å². The highest BCUT2D eigenvalue weighted by Gasteiger charge is 2.66. The summed E-state index contributed by atoms with van der Waals surface area (Å²) in [7, 11) is 0. The first-order chi connectivity index (χ1) is 9.01. The predicted molar refractivity (Wildman–Crippen MR) is 73.5 cm³/mol. The molecule has 0 N–H and O–H groups in total. The SMILES string of the molecule is CC1(C)[C@@H]2C[C@H]3O[C@@H](c4ccccc4)O[C@@]3(C)C[C@@H]21. The van der Waals surface area contributed by atoms with Crippen LogP contribution in [0.4, 0.5) is 0 Å². The third-order valence-electron chi connectivity index (χ3n) is 5.80. The topological polar surface area (TPSA) is 18.5 Å². The van der Waals surface area contributed by atoms with Crippen LogP contribution in [0.15, 0.2) is 30.3 Å². The molecule has 5 atom stereocenters. The average molecular weight is 258 g/mol. The fourth-order valence-corrected chi connectivity index (χ4v) is 4.28. The van der Waals surface area contributed by atoms with Gasteiger partial charge >= 0.3 is 0 Å². The van der Waals surface area contributed by atoms with Crippen LogP contribution in [0.25, 0.3) is 0 Å². The molecule has 1 aliphatic heterocycles. The minimum absolute atomic E-state index is 0.0879. The van der Waals surface area contributed by atoms with Gasteiger partial charge < -0.3 is 9.47 Å². The zero-order valence-corrected chi connectivity index (χ0v) is 11.9. The molecule has 0 amide bonds. The number of rotatable bonds is 1. The van der Waals surface area contributed by atoms with Crippen LogP contribution < -0.4 is 0 Å². The molecule has 3 fully saturated rings. The first-order valence-corrected chi connectivity index (χ1v) is 7.39. The monoisotopic (exact) mass is 258 g/mol. The second-order valence-corrected chi connectivity index (χ2v) is 7.27. The van der Waals surface area contributed by atoms with E-state index in [9.17, 15) is 0 Å². The van der Waals surface area contributed by atoms with Gasteiger partial charge in [0, 0.05) is 5.56 Å². The molecule has 2 aliphatic carbocycles. The number of hydrogen-bond acceptors (Lipinski definition) is 2. The summed E-state index contributed by atoms with van der Waals surface area (Å²) in [6.45, 7) is 7.02. The molecule has 0 spiro atoms. The summed E-state index contributed by atoms with van der Waals surface area (Å²) >= 11 is 0. The van der Waals surface area contributed by atoms with Crippen LogP contribution in [0.3, 0.4) is 0 Å². The Morgan fingerprint density at radius 3 is 2.53 bits per heavy atom. The van der Waals surface area contributed by atoms with E-state index in [1.165, 1.54) is 0 Å². The highest BCUT2D eigenvalue weighted by Crippen LogP contribution is 2.68. The summed E-state index contributed by atoms with van der Waals surface area (Å²) < 4.78 is 12.5. The Balaban J connectivity index is 1.57. The maximum Gasteiger partial charge on any atom is 0.185 e. The van der Waals surface area contributed by atoms with Crippen molar-refractivity contribution in [3.63, 3.8) is 0 Å². The summed E-state index contributed by atoms with van der Waals surface area (Å²) in [6.07, 6.45) is 2.41. The molecule has 102 valence electrons. The number of benzene rings is 1. The molecule has 3 aliphatic rings. The summed E-state index contributed by atoms with van der Waals surface area (Å²) in [5.41, 5.74) is 1.56. The number of ether oxygens (including phenoxy) is 2. The van der Waals surface area contributed by atoms with E-state index in [0.717, 1.165) is 30.2 Å². The van der Waals surface area contributed by atoms with E-state index in [1.54, 1.807) is 0 Å². The molecule has 1 aromatic carbocycles. The van der Waals surface area contributed by atoms with E-state index in [0.29, 0.717) is 5.41 Å². The molecule has 0 unspecified atom stereocenters. The number of hydrogen-bond donors (Lipinski definition) is 0. The van der Waals surface area contributed by atoms with Gasteiger partial charge in [-0.15, -0.1) is 0 Å². The van der Waals surface area contributed by atoms with Crippen molar-refractivity contribution in [3.05, 3.63) is 35.9 Å². The van der Waals surface area contributed by atoms with E-state index >= 15 is 0 Å². The van der Waals surface area contributed by atoms with Gasteiger partial charge in [0.15, 0.2) is 6.29 Å². The van der Waals surface area contributed by atoms with Gasteiger partial charge in [0.25, 0.3) is 0 Å². The lowest BCUT2D eigenvalue weighted by molar-refractivity contribution is -0.0911. The van der Waals surface area contributed by atoms with Gasteiger partial charge in [-0.25, -0.2) is 0 Å². The van der Waals surface area contributed by atoms with Crippen LogP contribution in [-0.4, -0.2) is 11.7 Å². The lowest BCUT2D eigenvalue weighted by Crippen LogP contribution is -2.40. The fourth-order valence-electron chi connectivity index (χ4n) is 4.28. The van der Waals surface area contributed by atoms with Crippen molar-refractivity contribution < 1.29 is 9.47 Å². The van der Waals surface area contributed by atoms with E-state index < -0.39 is 0 Å². The molecule has 4 rings (SSSR count). The molecule has 2 nitrogen and oxygen atoms in total. The molecule has 1 aromatic rings. The standard InChI is InChI=1S/C17H22O2/c1-16(2)12-9-14-17(3,10-13(12)16)19-15(18-14)11-7-5-4-6-8-11/h4-8,12-15H,9-10H2,1-3H3/t12-,13+,14-,15-,17+/m1/s1. The zero-order chi connectivity index (χ0) is 13.3. The minimum Gasteiger partial charge on any atom is -0.342 e. The van der Waals surface area contributed by atoms with Gasteiger partial charge in [-0.1, -0.05) is 44.2 Å². The molecule has 0 aromatic heterocycles. The van der Waals surface area contributed by atoms with E-state index in [1.807, 2.05) is 18.2 Å². The Kier molecular flexibility index (Phi) is 2.27. The van der Waals surface area contributed by atoms with Crippen LogP contribution >= 0.6 is 0 Å². The highest BCUT2D eigenvalue weighted by molar-refractivity contribution is 5.20. The van der Waals surface area contributed by atoms with Crippen molar-refractivity contribution in [2.45, 2.75) is 51.6 Å². The van der Waals surface area contributed by atoms with Gasteiger partial charge in [0.1, 0.15) is 0 Å². The van der Waals surface area contributed by atoms with Crippen molar-refractivity contribution in [3.8, 4) is 0 Å². The van der Waals surface area contributed by atoms with Gasteiger partial charge in [0.2, 0.25) is 0 Å². The van der Waals surface area contributed by atoms with Gasteiger partial charge in [-0.2, -0.15) is 0 Å². The van der Waals surface area contributed by atoms with Crippen LogP contribution in [0.1, 0.15) is 45.5 Å². The normalized spacial score (nSPS) is 46.5. The van der Waals surface area contributed by atoms with Crippen LogP contribution in [0.2, 0.25) is 0 Å². The van der Waals surface area contributed by atoms with Crippen LogP contribution in [0.5, 0.6) is 0 Å². The average Bonchev–Trinajstić information content (AvgIpc) is 2.77. The molecule has 0 bridgehead atoms. The Morgan fingerprint density at radius 1 is 1.05 bits per heavy atom. The molecule has 2 saturated carbocycles. The van der Waals surface area contributed by atoms with E-state index in [4.69, 9.17) is 9.47 Å². The third-order valence-corrected chi connectivity index (χ3v) is 5.80. The maximum absolute atomic E-state index is 6.31.